The van der Waals surface area contributed by atoms with Crippen LogP contribution in [0.15, 0.2) is 78.9 Å². The van der Waals surface area contributed by atoms with Gasteiger partial charge in [0.05, 0.1) is 24.2 Å². The van der Waals surface area contributed by atoms with Gasteiger partial charge in [-0.05, 0) is 35.9 Å². The highest BCUT2D eigenvalue weighted by Crippen LogP contribution is 2.22. The van der Waals surface area contributed by atoms with Crippen molar-refractivity contribution in [1.82, 2.24) is 14.9 Å². The molecule has 3 aromatic carbocycles. The second-order valence-corrected chi connectivity index (χ2v) is 6.95. The van der Waals surface area contributed by atoms with Crippen LogP contribution in [0.2, 0.25) is 0 Å². The third-order valence-electron chi connectivity index (χ3n) is 5.11. The monoisotopic (exact) mass is 385 g/mol. The molecule has 1 heterocycles. The van der Waals surface area contributed by atoms with E-state index in [1.807, 2.05) is 67.7 Å². The number of amides is 1. The van der Waals surface area contributed by atoms with Crippen molar-refractivity contribution in [1.29, 1.82) is 0 Å². The lowest BCUT2D eigenvalue weighted by Gasteiger charge is -2.19. The number of aryl methyl sites for hydroxylation is 1. The zero-order valence-electron chi connectivity index (χ0n) is 16.5. The van der Waals surface area contributed by atoms with Crippen LogP contribution in [0.4, 0.5) is 0 Å². The molecule has 0 aliphatic rings. The number of nitrogens with one attached hydrogen (secondary N) is 1. The molecule has 146 valence electrons. The highest BCUT2D eigenvalue weighted by atomic mass is 16.5. The molecule has 1 amide bonds. The van der Waals surface area contributed by atoms with Crippen molar-refractivity contribution in [3.05, 3.63) is 95.8 Å². The summed E-state index contributed by atoms with van der Waals surface area (Å²) in [5.74, 6) is 1.44. The second kappa shape index (κ2) is 8.19. The van der Waals surface area contributed by atoms with Gasteiger partial charge in [0.1, 0.15) is 11.6 Å². The Hall–Kier alpha value is -3.60. The van der Waals surface area contributed by atoms with Gasteiger partial charge in [0.2, 0.25) is 0 Å². The first-order chi connectivity index (χ1) is 14.2. The number of imidazole rings is 1. The zero-order valence-corrected chi connectivity index (χ0v) is 16.5. The van der Waals surface area contributed by atoms with Gasteiger partial charge >= 0.3 is 0 Å². The molecule has 0 saturated carbocycles. The fraction of sp³-hybridized carbons (Fsp3) is 0.167. The lowest BCUT2D eigenvalue weighted by atomic mass is 10.0. The minimum Gasteiger partial charge on any atom is -0.497 e. The molecule has 0 radical (unpaired) electrons. The Morgan fingerprint density at radius 1 is 1.03 bits per heavy atom. The number of rotatable bonds is 6. The molecule has 5 heteroatoms. The Morgan fingerprint density at radius 3 is 2.55 bits per heavy atom. The van der Waals surface area contributed by atoms with Crippen LogP contribution in [0.25, 0.3) is 11.0 Å². The first-order valence-electron chi connectivity index (χ1n) is 9.56. The van der Waals surface area contributed by atoms with E-state index in [-0.39, 0.29) is 11.9 Å². The van der Waals surface area contributed by atoms with Crippen molar-refractivity contribution in [3.63, 3.8) is 0 Å². The van der Waals surface area contributed by atoms with Crippen LogP contribution in [0.3, 0.4) is 0 Å². The summed E-state index contributed by atoms with van der Waals surface area (Å²) in [5.41, 5.74) is 3.63. The number of nitrogens with zero attached hydrogens (tertiary/aromatic N) is 2. The third kappa shape index (κ3) is 3.99. The number of aromatic nitrogens is 2. The number of methoxy groups -OCH3 is 1. The summed E-state index contributed by atoms with van der Waals surface area (Å²) in [6, 6.07) is 25.0. The predicted octanol–water partition coefficient (Wildman–Crippen LogP) is 4.30. The molecule has 0 aliphatic carbocycles. The van der Waals surface area contributed by atoms with E-state index in [2.05, 4.69) is 16.0 Å². The SMILES string of the molecule is COc1cccc(C(=O)NC(Cc2nc3ccccc3n2C)c2ccccc2)c1. The third-order valence-corrected chi connectivity index (χ3v) is 5.11. The Labute approximate surface area is 170 Å². The molecule has 29 heavy (non-hydrogen) atoms. The zero-order chi connectivity index (χ0) is 20.2. The largest absolute Gasteiger partial charge is 0.497 e. The summed E-state index contributed by atoms with van der Waals surface area (Å²) < 4.78 is 7.33. The molecular formula is C24H23N3O2. The van der Waals surface area contributed by atoms with Gasteiger partial charge < -0.3 is 14.6 Å². The lowest BCUT2D eigenvalue weighted by Crippen LogP contribution is -2.30. The molecule has 1 unspecified atom stereocenters. The standard InChI is InChI=1S/C24H23N3O2/c1-27-22-14-7-6-13-20(22)25-23(27)16-21(17-9-4-3-5-10-17)26-24(28)18-11-8-12-19(15-18)29-2/h3-15,21H,16H2,1-2H3,(H,26,28). The number of para-hydroxylation sites is 2. The Kier molecular flexibility index (Phi) is 5.29. The normalized spacial score (nSPS) is 11.9. The van der Waals surface area contributed by atoms with Crippen LogP contribution >= 0.6 is 0 Å². The van der Waals surface area contributed by atoms with E-state index in [9.17, 15) is 4.79 Å². The summed E-state index contributed by atoms with van der Waals surface area (Å²) in [6.07, 6.45) is 0.588. The molecule has 4 rings (SSSR count). The fourth-order valence-corrected chi connectivity index (χ4v) is 3.50. The Morgan fingerprint density at radius 2 is 1.79 bits per heavy atom. The van der Waals surface area contributed by atoms with Crippen molar-refractivity contribution in [3.8, 4) is 5.75 Å². The van der Waals surface area contributed by atoms with Gasteiger partial charge in [-0.2, -0.15) is 0 Å². The quantitative estimate of drug-likeness (QED) is 0.538. The first kappa shape index (κ1) is 18.7. The fourth-order valence-electron chi connectivity index (χ4n) is 3.50. The predicted molar refractivity (Wildman–Crippen MR) is 114 cm³/mol. The van der Waals surface area contributed by atoms with E-state index >= 15 is 0 Å². The molecule has 5 nitrogen and oxygen atoms in total. The minimum atomic E-state index is -0.203. The van der Waals surface area contributed by atoms with E-state index in [0.29, 0.717) is 17.7 Å². The maximum atomic E-state index is 12.9. The molecule has 0 bridgehead atoms. The van der Waals surface area contributed by atoms with Gasteiger partial charge in [0, 0.05) is 19.0 Å². The van der Waals surface area contributed by atoms with Crippen molar-refractivity contribution >= 4 is 16.9 Å². The van der Waals surface area contributed by atoms with Crippen LogP contribution in [0.1, 0.15) is 27.8 Å². The number of hydrogen-bond donors (Lipinski definition) is 1. The molecule has 1 atom stereocenters. The van der Waals surface area contributed by atoms with E-state index in [1.165, 1.54) is 0 Å². The van der Waals surface area contributed by atoms with Gasteiger partial charge in [-0.25, -0.2) is 4.98 Å². The molecule has 0 saturated heterocycles. The van der Waals surface area contributed by atoms with Gasteiger partial charge in [0.15, 0.2) is 0 Å². The molecule has 1 aromatic heterocycles. The van der Waals surface area contributed by atoms with Gasteiger partial charge in [-0.3, -0.25) is 4.79 Å². The summed E-state index contributed by atoms with van der Waals surface area (Å²) in [5, 5.41) is 3.17. The minimum absolute atomic E-state index is 0.142. The molecule has 0 spiro atoms. The van der Waals surface area contributed by atoms with Crippen LogP contribution in [-0.2, 0) is 13.5 Å². The number of carbonyl (C=O) groups is 1. The highest BCUT2D eigenvalue weighted by Gasteiger charge is 2.19. The Bertz CT molecular complexity index is 1140. The average Bonchev–Trinajstić information content (AvgIpc) is 3.09. The van der Waals surface area contributed by atoms with Crippen molar-refractivity contribution in [2.24, 2.45) is 7.05 Å². The maximum absolute atomic E-state index is 12.9. The summed E-state index contributed by atoms with van der Waals surface area (Å²) in [4.78, 5) is 17.7. The van der Waals surface area contributed by atoms with E-state index in [4.69, 9.17) is 9.72 Å². The smallest absolute Gasteiger partial charge is 0.251 e. The number of ether oxygens (including phenoxy) is 1. The first-order valence-corrected chi connectivity index (χ1v) is 9.56. The van der Waals surface area contributed by atoms with Gasteiger partial charge in [-0.1, -0.05) is 48.5 Å². The number of carbonyl (C=O) groups excluding carboxylic acids is 1. The topological polar surface area (TPSA) is 56.1 Å². The van der Waals surface area contributed by atoms with Crippen LogP contribution in [0, 0.1) is 0 Å². The van der Waals surface area contributed by atoms with Crippen LogP contribution < -0.4 is 10.1 Å². The number of fused-ring (bicyclic) bond motifs is 1. The number of benzene rings is 3. The van der Waals surface area contributed by atoms with Crippen LogP contribution in [-0.4, -0.2) is 22.6 Å². The van der Waals surface area contributed by atoms with Crippen LogP contribution in [0.5, 0.6) is 5.75 Å². The van der Waals surface area contributed by atoms with Gasteiger partial charge in [0.25, 0.3) is 5.91 Å². The molecule has 1 N–H and O–H groups in total. The summed E-state index contributed by atoms with van der Waals surface area (Å²) in [7, 11) is 3.60. The summed E-state index contributed by atoms with van der Waals surface area (Å²) in [6.45, 7) is 0. The second-order valence-electron chi connectivity index (χ2n) is 6.95. The molecule has 4 aromatic rings. The molecule has 0 aliphatic heterocycles. The summed E-state index contributed by atoms with van der Waals surface area (Å²) >= 11 is 0. The average molecular weight is 385 g/mol. The van der Waals surface area contributed by atoms with E-state index < -0.39 is 0 Å². The van der Waals surface area contributed by atoms with E-state index in [1.54, 1.807) is 19.2 Å². The highest BCUT2D eigenvalue weighted by molar-refractivity contribution is 5.94. The Balaban J connectivity index is 1.65. The maximum Gasteiger partial charge on any atom is 0.251 e. The van der Waals surface area contributed by atoms with Crippen molar-refractivity contribution in [2.75, 3.05) is 7.11 Å². The van der Waals surface area contributed by atoms with Gasteiger partial charge in [-0.15, -0.1) is 0 Å². The lowest BCUT2D eigenvalue weighted by molar-refractivity contribution is 0.0935. The van der Waals surface area contributed by atoms with Crippen molar-refractivity contribution in [2.45, 2.75) is 12.5 Å². The number of hydrogen-bond acceptors (Lipinski definition) is 3. The molecule has 0 fully saturated rings. The van der Waals surface area contributed by atoms with E-state index in [0.717, 1.165) is 22.4 Å². The molecular weight excluding hydrogens is 362 g/mol. The van der Waals surface area contributed by atoms with Crippen molar-refractivity contribution < 1.29 is 9.53 Å².